The maximum atomic E-state index is 12.8. The number of amides is 2. The quantitative estimate of drug-likeness (QED) is 0.789. The van der Waals surface area contributed by atoms with Gasteiger partial charge < -0.3 is 15.4 Å². The van der Waals surface area contributed by atoms with Crippen LogP contribution in [-0.2, 0) is 9.53 Å². The molecule has 1 aliphatic heterocycles. The van der Waals surface area contributed by atoms with Gasteiger partial charge in [-0.3, -0.25) is 14.5 Å². The van der Waals surface area contributed by atoms with Gasteiger partial charge in [-0.05, 0) is 37.1 Å². The lowest BCUT2D eigenvalue weighted by Gasteiger charge is -2.35. The van der Waals surface area contributed by atoms with Crippen molar-refractivity contribution < 1.29 is 14.3 Å². The number of anilines is 1. The minimum Gasteiger partial charge on any atom is -0.379 e. The van der Waals surface area contributed by atoms with Gasteiger partial charge in [0.15, 0.2) is 0 Å². The largest absolute Gasteiger partial charge is 0.379 e. The van der Waals surface area contributed by atoms with Crippen LogP contribution in [0.15, 0.2) is 42.5 Å². The van der Waals surface area contributed by atoms with Gasteiger partial charge in [-0.1, -0.05) is 35.9 Å². The molecule has 0 saturated carbocycles. The van der Waals surface area contributed by atoms with Gasteiger partial charge in [0.25, 0.3) is 5.91 Å². The van der Waals surface area contributed by atoms with E-state index < -0.39 is 0 Å². The number of nitrogens with one attached hydrogen (secondary N) is 2. The van der Waals surface area contributed by atoms with Crippen molar-refractivity contribution >= 4 is 17.5 Å². The van der Waals surface area contributed by atoms with E-state index in [2.05, 4.69) is 46.7 Å². The van der Waals surface area contributed by atoms with Crippen LogP contribution < -0.4 is 10.6 Å². The molecule has 0 spiro atoms. The van der Waals surface area contributed by atoms with Crippen LogP contribution in [-0.4, -0.2) is 49.6 Å². The number of ether oxygens (including phenoxy) is 1. The van der Waals surface area contributed by atoms with Crippen LogP contribution in [0.4, 0.5) is 5.69 Å². The third kappa shape index (κ3) is 5.65. The molecular formula is C23H29N3O3. The Morgan fingerprint density at radius 3 is 2.41 bits per heavy atom. The Kier molecular flexibility index (Phi) is 7.01. The summed E-state index contributed by atoms with van der Waals surface area (Å²) < 4.78 is 5.49. The number of benzene rings is 2. The van der Waals surface area contributed by atoms with E-state index in [1.807, 2.05) is 13.0 Å². The van der Waals surface area contributed by atoms with Gasteiger partial charge in [0, 0.05) is 37.8 Å². The highest BCUT2D eigenvalue weighted by molar-refractivity contribution is 5.97. The molecule has 3 rings (SSSR count). The lowest BCUT2D eigenvalue weighted by Crippen LogP contribution is -2.43. The van der Waals surface area contributed by atoms with Gasteiger partial charge in [-0.25, -0.2) is 0 Å². The topological polar surface area (TPSA) is 70.7 Å². The summed E-state index contributed by atoms with van der Waals surface area (Å²) in [6.45, 7) is 9.02. The molecule has 0 aromatic heterocycles. The van der Waals surface area contributed by atoms with Crippen LogP contribution in [0.2, 0.25) is 0 Å². The molecule has 154 valence electrons. The zero-order chi connectivity index (χ0) is 20.8. The van der Waals surface area contributed by atoms with Crippen molar-refractivity contribution in [1.82, 2.24) is 10.2 Å². The predicted octanol–water partition coefficient (Wildman–Crippen LogP) is 3.07. The number of nitrogens with zero attached hydrogens (tertiary/aromatic N) is 1. The fraction of sp³-hybridized carbons (Fsp3) is 0.391. The first-order valence-corrected chi connectivity index (χ1v) is 9.99. The standard InChI is InChI=1S/C23H29N3O3/c1-16-4-7-19(8-5-16)22(26-10-12-29-13-11-26)15-24-23(28)20-9-6-17(2)21(14-20)25-18(3)27/h4-9,14,22H,10-13,15H2,1-3H3,(H,24,28)(H,25,27). The Labute approximate surface area is 172 Å². The predicted molar refractivity (Wildman–Crippen MR) is 114 cm³/mol. The van der Waals surface area contributed by atoms with Gasteiger partial charge in [0.05, 0.1) is 19.3 Å². The number of aryl methyl sites for hydroxylation is 2. The first-order chi connectivity index (χ1) is 13.9. The molecule has 2 aromatic carbocycles. The zero-order valence-corrected chi connectivity index (χ0v) is 17.3. The monoisotopic (exact) mass is 395 g/mol. The fourth-order valence-corrected chi connectivity index (χ4v) is 3.51. The molecular weight excluding hydrogens is 366 g/mol. The van der Waals surface area contributed by atoms with Crippen molar-refractivity contribution in [3.63, 3.8) is 0 Å². The Balaban J connectivity index is 1.74. The lowest BCUT2D eigenvalue weighted by atomic mass is 10.0. The molecule has 1 atom stereocenters. The number of rotatable bonds is 6. The molecule has 1 saturated heterocycles. The summed E-state index contributed by atoms with van der Waals surface area (Å²) in [6, 6.07) is 13.9. The highest BCUT2D eigenvalue weighted by atomic mass is 16.5. The van der Waals surface area contributed by atoms with Crippen molar-refractivity contribution in [3.05, 3.63) is 64.7 Å². The zero-order valence-electron chi connectivity index (χ0n) is 17.3. The minimum absolute atomic E-state index is 0.0868. The summed E-state index contributed by atoms with van der Waals surface area (Å²) in [5.41, 5.74) is 4.50. The van der Waals surface area contributed by atoms with Gasteiger partial charge in [-0.15, -0.1) is 0 Å². The third-order valence-corrected chi connectivity index (χ3v) is 5.22. The minimum atomic E-state index is -0.155. The molecule has 1 aliphatic rings. The smallest absolute Gasteiger partial charge is 0.251 e. The molecule has 2 N–H and O–H groups in total. The molecule has 6 heteroatoms. The van der Waals surface area contributed by atoms with Gasteiger partial charge in [0.2, 0.25) is 5.91 Å². The second-order valence-electron chi connectivity index (χ2n) is 7.50. The van der Waals surface area contributed by atoms with Crippen LogP contribution >= 0.6 is 0 Å². The lowest BCUT2D eigenvalue weighted by molar-refractivity contribution is -0.114. The number of hydrogen-bond donors (Lipinski definition) is 2. The van der Waals surface area contributed by atoms with E-state index >= 15 is 0 Å². The van der Waals surface area contributed by atoms with Crippen LogP contribution in [0, 0.1) is 13.8 Å². The molecule has 1 heterocycles. The average molecular weight is 396 g/mol. The van der Waals surface area contributed by atoms with Crippen molar-refractivity contribution in [2.24, 2.45) is 0 Å². The molecule has 2 amide bonds. The van der Waals surface area contributed by atoms with E-state index in [1.54, 1.807) is 12.1 Å². The Morgan fingerprint density at radius 2 is 1.76 bits per heavy atom. The molecule has 0 aliphatic carbocycles. The van der Waals surface area contributed by atoms with Crippen LogP contribution in [0.25, 0.3) is 0 Å². The summed E-state index contributed by atoms with van der Waals surface area (Å²) in [6.07, 6.45) is 0. The fourth-order valence-electron chi connectivity index (χ4n) is 3.51. The van der Waals surface area contributed by atoms with Crippen LogP contribution in [0.5, 0.6) is 0 Å². The second kappa shape index (κ2) is 9.67. The van der Waals surface area contributed by atoms with Crippen molar-refractivity contribution in [2.75, 3.05) is 38.2 Å². The molecule has 29 heavy (non-hydrogen) atoms. The summed E-state index contributed by atoms with van der Waals surface area (Å²) in [5, 5.41) is 5.85. The molecule has 6 nitrogen and oxygen atoms in total. The first-order valence-electron chi connectivity index (χ1n) is 9.99. The van der Waals surface area contributed by atoms with Crippen molar-refractivity contribution in [2.45, 2.75) is 26.8 Å². The SMILES string of the molecule is CC(=O)Nc1cc(C(=O)NCC(c2ccc(C)cc2)N2CCOCC2)ccc1C. The maximum Gasteiger partial charge on any atom is 0.251 e. The van der Waals surface area contributed by atoms with Crippen molar-refractivity contribution in [3.8, 4) is 0 Å². The summed E-state index contributed by atoms with van der Waals surface area (Å²) in [4.78, 5) is 26.5. The van der Waals surface area contributed by atoms with Gasteiger partial charge in [0.1, 0.15) is 0 Å². The first kappa shape index (κ1) is 21.0. The van der Waals surface area contributed by atoms with Crippen LogP contribution in [0.1, 0.15) is 40.0 Å². The Morgan fingerprint density at radius 1 is 1.07 bits per heavy atom. The normalized spacial score (nSPS) is 15.6. The summed E-state index contributed by atoms with van der Waals surface area (Å²) in [7, 11) is 0. The number of morpholine rings is 1. The van der Waals surface area contributed by atoms with E-state index in [4.69, 9.17) is 4.74 Å². The maximum absolute atomic E-state index is 12.8. The van der Waals surface area contributed by atoms with Gasteiger partial charge in [-0.2, -0.15) is 0 Å². The van der Waals surface area contributed by atoms with E-state index in [0.29, 0.717) is 31.0 Å². The van der Waals surface area contributed by atoms with E-state index in [-0.39, 0.29) is 17.9 Å². The second-order valence-corrected chi connectivity index (χ2v) is 7.50. The highest BCUT2D eigenvalue weighted by Crippen LogP contribution is 2.22. The molecule has 0 radical (unpaired) electrons. The number of carbonyl (C=O) groups is 2. The van der Waals surface area contributed by atoms with E-state index in [1.165, 1.54) is 18.1 Å². The van der Waals surface area contributed by atoms with E-state index in [9.17, 15) is 9.59 Å². The molecule has 1 unspecified atom stereocenters. The summed E-state index contributed by atoms with van der Waals surface area (Å²) >= 11 is 0. The third-order valence-electron chi connectivity index (χ3n) is 5.22. The number of hydrogen-bond acceptors (Lipinski definition) is 4. The Bertz CT molecular complexity index is 858. The molecule has 1 fully saturated rings. The highest BCUT2D eigenvalue weighted by Gasteiger charge is 2.23. The van der Waals surface area contributed by atoms with Crippen LogP contribution in [0.3, 0.4) is 0 Å². The molecule has 0 bridgehead atoms. The average Bonchev–Trinajstić information content (AvgIpc) is 2.71. The molecule has 2 aromatic rings. The van der Waals surface area contributed by atoms with Gasteiger partial charge >= 0.3 is 0 Å². The summed E-state index contributed by atoms with van der Waals surface area (Å²) in [5.74, 6) is -0.306. The number of carbonyl (C=O) groups excluding carboxylic acids is 2. The van der Waals surface area contributed by atoms with Crippen molar-refractivity contribution in [1.29, 1.82) is 0 Å². The Hall–Kier alpha value is -2.70. The van der Waals surface area contributed by atoms with E-state index in [0.717, 1.165) is 18.7 Å².